The first-order chi connectivity index (χ1) is 4.18. The molecule has 1 aromatic rings. The van der Waals surface area contributed by atoms with Gasteiger partial charge in [-0.05, 0) is 37.1 Å². The molecule has 0 nitrogen and oxygen atoms in total. The Morgan fingerprint density at radius 1 is 1.00 bits per heavy atom. The zero-order valence-electron chi connectivity index (χ0n) is 5.68. The Labute approximate surface area is 78.2 Å². The van der Waals surface area contributed by atoms with Crippen LogP contribution in [-0.2, 0) is 0 Å². The molecule has 2 heteroatoms. The molecule has 0 aromatic heterocycles. The monoisotopic (exact) mass is 168 g/mol. The van der Waals surface area contributed by atoms with Crippen molar-refractivity contribution in [3.8, 4) is 0 Å². The maximum atomic E-state index is 4.22. The molecule has 0 unspecified atom stereocenters. The van der Waals surface area contributed by atoms with Crippen LogP contribution in [0.3, 0.4) is 0 Å². The highest BCUT2D eigenvalue weighted by Crippen LogP contribution is 2.11. The Kier molecular flexibility index (Phi) is 4.12. The van der Waals surface area contributed by atoms with Gasteiger partial charge in [-0.15, -0.1) is 12.6 Å². The fourth-order valence-electron chi connectivity index (χ4n) is 0.951. The minimum absolute atomic E-state index is 0. The summed E-state index contributed by atoms with van der Waals surface area (Å²) >= 11 is 4.22. The molecule has 0 aliphatic rings. The summed E-state index contributed by atoms with van der Waals surface area (Å²) in [5.41, 5.74) is 2.56. The standard InChI is InChI=1S/C8H10S.Al.3H/c1-6-3-7(2)5-8(9)4-6;;;;/h3-5,9H,1-2H3;;;;. The topological polar surface area (TPSA) is 0 Å². The van der Waals surface area contributed by atoms with Gasteiger partial charge in [-0.1, -0.05) is 6.07 Å². The maximum absolute atomic E-state index is 4.22. The molecule has 1 rings (SSSR count). The van der Waals surface area contributed by atoms with Crippen LogP contribution in [0.1, 0.15) is 11.1 Å². The summed E-state index contributed by atoms with van der Waals surface area (Å²) in [6, 6.07) is 6.24. The van der Waals surface area contributed by atoms with Crippen molar-refractivity contribution in [1.29, 1.82) is 0 Å². The molecule has 54 valence electrons. The molecule has 0 radical (unpaired) electrons. The number of hydrogen-bond acceptors (Lipinski definition) is 1. The Morgan fingerprint density at radius 3 is 1.70 bits per heavy atom. The maximum Gasteiger partial charge on any atom is 0.187 e. The predicted molar refractivity (Wildman–Crippen MR) is 53.1 cm³/mol. The van der Waals surface area contributed by atoms with Gasteiger partial charge in [-0.2, -0.15) is 0 Å². The lowest BCUT2D eigenvalue weighted by molar-refractivity contribution is 1.30. The molecule has 0 atom stereocenters. The summed E-state index contributed by atoms with van der Waals surface area (Å²) in [5.74, 6) is 0. The van der Waals surface area contributed by atoms with Crippen LogP contribution in [0.5, 0.6) is 0 Å². The van der Waals surface area contributed by atoms with Crippen molar-refractivity contribution in [1.82, 2.24) is 0 Å². The van der Waals surface area contributed by atoms with Gasteiger partial charge < -0.3 is 0 Å². The lowest BCUT2D eigenvalue weighted by atomic mass is 10.2. The van der Waals surface area contributed by atoms with E-state index in [1.54, 1.807) is 0 Å². The summed E-state index contributed by atoms with van der Waals surface area (Å²) < 4.78 is 0. The number of hydrogen-bond donors (Lipinski definition) is 1. The zero-order valence-corrected chi connectivity index (χ0v) is 6.57. The third-order valence-electron chi connectivity index (χ3n) is 1.21. The molecule has 1 aromatic carbocycles. The number of thiol groups is 1. The average Bonchev–Trinajstić information content (AvgIpc) is 1.59. The fraction of sp³-hybridized carbons (Fsp3) is 0.250. The highest BCUT2D eigenvalue weighted by Gasteiger charge is 1.88. The van der Waals surface area contributed by atoms with Gasteiger partial charge in [0, 0.05) is 4.90 Å². The summed E-state index contributed by atoms with van der Waals surface area (Å²) in [6.45, 7) is 4.15. The van der Waals surface area contributed by atoms with Crippen molar-refractivity contribution in [3.05, 3.63) is 29.3 Å². The van der Waals surface area contributed by atoms with Gasteiger partial charge in [0.25, 0.3) is 0 Å². The molecule has 0 aliphatic carbocycles. The van der Waals surface area contributed by atoms with E-state index in [1.807, 2.05) is 0 Å². The quantitative estimate of drug-likeness (QED) is 0.439. The minimum atomic E-state index is 0. The third-order valence-corrected chi connectivity index (χ3v) is 1.46. The van der Waals surface area contributed by atoms with Crippen LogP contribution >= 0.6 is 12.6 Å². The average molecular weight is 168 g/mol. The van der Waals surface area contributed by atoms with Crippen LogP contribution in [0, 0.1) is 13.8 Å². The van der Waals surface area contributed by atoms with E-state index in [2.05, 4.69) is 44.7 Å². The Morgan fingerprint density at radius 2 is 1.40 bits per heavy atom. The fourth-order valence-corrected chi connectivity index (χ4v) is 1.36. The lowest BCUT2D eigenvalue weighted by Gasteiger charge is -1.96. The van der Waals surface area contributed by atoms with Crippen molar-refractivity contribution in [2.75, 3.05) is 0 Å². The molecule has 0 aliphatic heterocycles. The van der Waals surface area contributed by atoms with Crippen LogP contribution in [-0.4, -0.2) is 17.4 Å². The van der Waals surface area contributed by atoms with E-state index in [9.17, 15) is 0 Å². The summed E-state index contributed by atoms with van der Waals surface area (Å²) in [6.07, 6.45) is 0. The molecule has 0 heterocycles. The Hall–Kier alpha value is 0.102. The Bertz CT molecular complexity index is 170. The molecule has 10 heavy (non-hydrogen) atoms. The van der Waals surface area contributed by atoms with Gasteiger partial charge in [-0.3, -0.25) is 0 Å². The SMILES string of the molecule is Cc1cc(C)cc(S)c1.[AlH3]. The van der Waals surface area contributed by atoms with E-state index in [1.165, 1.54) is 11.1 Å². The first kappa shape index (κ1) is 10.1. The van der Waals surface area contributed by atoms with Crippen LogP contribution < -0.4 is 0 Å². The summed E-state index contributed by atoms with van der Waals surface area (Å²) in [5, 5.41) is 0. The molecule has 0 amide bonds. The second-order valence-corrected chi connectivity index (χ2v) is 2.86. The van der Waals surface area contributed by atoms with Crippen LogP contribution in [0.15, 0.2) is 23.1 Å². The van der Waals surface area contributed by atoms with E-state index in [0.29, 0.717) is 0 Å². The van der Waals surface area contributed by atoms with Crippen molar-refractivity contribution < 1.29 is 0 Å². The molecule has 0 saturated carbocycles. The molecule has 0 bridgehead atoms. The first-order valence-corrected chi connectivity index (χ1v) is 3.40. The second kappa shape index (κ2) is 4.08. The molecule has 0 fully saturated rings. The van der Waals surface area contributed by atoms with E-state index in [-0.39, 0.29) is 17.4 Å². The zero-order chi connectivity index (χ0) is 6.85. The molecular formula is C8H13AlS. The van der Waals surface area contributed by atoms with E-state index in [4.69, 9.17) is 0 Å². The number of aryl methyl sites for hydroxylation is 2. The van der Waals surface area contributed by atoms with E-state index < -0.39 is 0 Å². The molecule has 0 saturated heterocycles. The van der Waals surface area contributed by atoms with Gasteiger partial charge in [0.2, 0.25) is 0 Å². The first-order valence-electron chi connectivity index (χ1n) is 2.96. The van der Waals surface area contributed by atoms with Gasteiger partial charge in [-0.25, -0.2) is 0 Å². The number of benzene rings is 1. The highest BCUT2D eigenvalue weighted by atomic mass is 32.1. The minimum Gasteiger partial charge on any atom is -0.143 e. The van der Waals surface area contributed by atoms with Gasteiger partial charge >= 0.3 is 0 Å². The van der Waals surface area contributed by atoms with E-state index in [0.717, 1.165) is 4.90 Å². The van der Waals surface area contributed by atoms with Crippen molar-refractivity contribution in [2.24, 2.45) is 0 Å². The molecule has 0 spiro atoms. The van der Waals surface area contributed by atoms with Crippen LogP contribution in [0.25, 0.3) is 0 Å². The molecular weight excluding hydrogens is 155 g/mol. The van der Waals surface area contributed by atoms with Crippen molar-refractivity contribution >= 4 is 30.0 Å². The summed E-state index contributed by atoms with van der Waals surface area (Å²) in [4.78, 5) is 1.05. The van der Waals surface area contributed by atoms with Gasteiger partial charge in [0.15, 0.2) is 17.4 Å². The third kappa shape index (κ3) is 2.79. The number of rotatable bonds is 0. The van der Waals surface area contributed by atoms with E-state index >= 15 is 0 Å². The highest BCUT2D eigenvalue weighted by molar-refractivity contribution is 7.80. The normalized spacial score (nSPS) is 8.70. The molecule has 0 N–H and O–H groups in total. The van der Waals surface area contributed by atoms with Crippen molar-refractivity contribution in [2.45, 2.75) is 18.7 Å². The smallest absolute Gasteiger partial charge is 0.143 e. The van der Waals surface area contributed by atoms with Gasteiger partial charge in [0.1, 0.15) is 0 Å². The Balaban J connectivity index is 0.000000810. The van der Waals surface area contributed by atoms with Crippen LogP contribution in [0.4, 0.5) is 0 Å². The van der Waals surface area contributed by atoms with Crippen molar-refractivity contribution in [3.63, 3.8) is 0 Å². The summed E-state index contributed by atoms with van der Waals surface area (Å²) in [7, 11) is 0. The van der Waals surface area contributed by atoms with Gasteiger partial charge in [0.05, 0.1) is 0 Å². The van der Waals surface area contributed by atoms with Crippen LogP contribution in [0.2, 0.25) is 0 Å². The largest absolute Gasteiger partial charge is 0.187 e. The second-order valence-electron chi connectivity index (χ2n) is 2.35. The lowest BCUT2D eigenvalue weighted by Crippen LogP contribution is -1.75. The predicted octanol–water partition coefficient (Wildman–Crippen LogP) is 1.41.